The van der Waals surface area contributed by atoms with Gasteiger partial charge in [-0.05, 0) is 42.7 Å². The van der Waals surface area contributed by atoms with Crippen molar-refractivity contribution >= 4 is 29.8 Å². The van der Waals surface area contributed by atoms with Crippen molar-refractivity contribution in [2.75, 3.05) is 0 Å². The predicted octanol–water partition coefficient (Wildman–Crippen LogP) is 5.02. The third-order valence-corrected chi connectivity index (χ3v) is 9.88. The molecule has 0 aromatic heterocycles. The molecule has 0 unspecified atom stereocenters. The van der Waals surface area contributed by atoms with E-state index in [-0.39, 0.29) is 12.3 Å². The summed E-state index contributed by atoms with van der Waals surface area (Å²) >= 11 is 0. The zero-order valence-electron chi connectivity index (χ0n) is 27.2. The van der Waals surface area contributed by atoms with Crippen LogP contribution in [0.1, 0.15) is 94.9 Å². The van der Waals surface area contributed by atoms with E-state index in [1.165, 1.54) is 27.7 Å². The summed E-state index contributed by atoms with van der Waals surface area (Å²) in [5.41, 5.74) is 0.184. The van der Waals surface area contributed by atoms with Gasteiger partial charge in [-0.3, -0.25) is 24.0 Å². The molecule has 3 aliphatic rings. The Kier molecular flexibility index (Phi) is 10.2. The number of fused-ring (bicyclic) bond motifs is 3. The topological polar surface area (TPSA) is 132 Å². The first-order valence-corrected chi connectivity index (χ1v) is 15.2. The number of esters is 5. The van der Waals surface area contributed by atoms with Crippen LogP contribution in [0.15, 0.2) is 23.3 Å². The van der Waals surface area contributed by atoms with Gasteiger partial charge >= 0.3 is 29.8 Å². The average Bonchev–Trinajstić information content (AvgIpc) is 2.87. The third-order valence-electron chi connectivity index (χ3n) is 9.88. The van der Waals surface area contributed by atoms with Crippen LogP contribution in [0.2, 0.25) is 0 Å². The Morgan fingerprint density at radius 3 is 1.95 bits per heavy atom. The van der Waals surface area contributed by atoms with Gasteiger partial charge in [0, 0.05) is 46.0 Å². The molecule has 0 N–H and O–H groups in total. The van der Waals surface area contributed by atoms with E-state index in [2.05, 4.69) is 6.58 Å². The molecule has 10 nitrogen and oxygen atoms in total. The second-order valence-electron chi connectivity index (χ2n) is 13.2. The van der Waals surface area contributed by atoms with Crippen LogP contribution in [0.3, 0.4) is 0 Å². The van der Waals surface area contributed by atoms with Gasteiger partial charge in [-0.25, -0.2) is 0 Å². The zero-order valence-corrected chi connectivity index (χ0v) is 27.2. The number of hydrogen-bond acceptors (Lipinski definition) is 10. The number of hydrogen-bond donors (Lipinski definition) is 0. The summed E-state index contributed by atoms with van der Waals surface area (Å²) in [4.78, 5) is 63.9. The highest BCUT2D eigenvalue weighted by atomic mass is 16.6. The van der Waals surface area contributed by atoms with Gasteiger partial charge in [-0.15, -0.1) is 0 Å². The molecule has 0 saturated heterocycles. The second-order valence-corrected chi connectivity index (χ2v) is 13.2. The van der Waals surface area contributed by atoms with Gasteiger partial charge < -0.3 is 23.7 Å². The monoisotopic (exact) mass is 604 g/mol. The number of ether oxygens (including phenoxy) is 5. The fraction of sp³-hybridized carbons (Fsp3) is 0.727. The lowest BCUT2D eigenvalue weighted by Crippen LogP contribution is -2.68. The number of rotatable bonds is 7. The summed E-state index contributed by atoms with van der Waals surface area (Å²) in [6.45, 7) is 21.0. The molecule has 240 valence electrons. The Morgan fingerprint density at radius 1 is 0.884 bits per heavy atom. The maximum absolute atomic E-state index is 13.6. The fourth-order valence-corrected chi connectivity index (χ4v) is 7.77. The lowest BCUT2D eigenvalue weighted by Gasteiger charge is -2.61. The molecule has 2 fully saturated rings. The van der Waals surface area contributed by atoms with Gasteiger partial charge in [0.05, 0.1) is 11.3 Å². The molecule has 0 aromatic rings. The van der Waals surface area contributed by atoms with Crippen molar-refractivity contribution in [2.45, 2.75) is 125 Å². The highest BCUT2D eigenvalue weighted by molar-refractivity contribution is 5.72. The molecule has 3 aliphatic carbocycles. The standard InChI is InChI=1S/C33H48O10/c1-12-16(2)31(38)43-28-23-14-13-17(3)26(32(23,9)10)29(41-21(7)36)30(42-22(8)37)33(11)25(40-20(6)35)15-24(39-19(5)34)18(4)27(28)33/h16,23-25,27-30H,4,12-15H2,1-3,5-11H3/t16-,23-,24-,25-,27-,28+,29+,30-,33+/m0/s1. The van der Waals surface area contributed by atoms with Gasteiger partial charge in [-0.2, -0.15) is 0 Å². The molecule has 2 saturated carbocycles. The SMILES string of the molecule is C=C1[C@@H](OC(C)=O)C[C@H](OC(C)=O)[C@@]2(C)[C@@H](OC(C)=O)[C@H](OC(C)=O)C3=C(C)CC[C@@H]([C@@H](OC(=O)[C@@H](C)CC)[C@H]12)C3(C)C. The first-order chi connectivity index (χ1) is 19.9. The molecule has 9 atom stereocenters. The Labute approximate surface area is 254 Å². The molecule has 0 aliphatic heterocycles. The highest BCUT2D eigenvalue weighted by Gasteiger charge is 2.67. The molecule has 2 bridgehead atoms. The summed E-state index contributed by atoms with van der Waals surface area (Å²) in [5, 5.41) is 0. The Bertz CT molecular complexity index is 1200. The quantitative estimate of drug-likeness (QED) is 0.222. The van der Waals surface area contributed by atoms with E-state index in [1.54, 1.807) is 13.8 Å². The fourth-order valence-electron chi connectivity index (χ4n) is 7.77. The van der Waals surface area contributed by atoms with Crippen LogP contribution in [0.4, 0.5) is 0 Å². The van der Waals surface area contributed by atoms with E-state index in [9.17, 15) is 24.0 Å². The van der Waals surface area contributed by atoms with Crippen LogP contribution in [-0.2, 0) is 47.7 Å². The molecule has 0 radical (unpaired) electrons. The predicted molar refractivity (Wildman–Crippen MR) is 156 cm³/mol. The van der Waals surface area contributed by atoms with E-state index in [1.807, 2.05) is 27.7 Å². The highest BCUT2D eigenvalue weighted by Crippen LogP contribution is 2.61. The molecule has 0 heterocycles. The van der Waals surface area contributed by atoms with E-state index in [0.29, 0.717) is 24.8 Å². The summed E-state index contributed by atoms with van der Waals surface area (Å²) in [6, 6.07) is 0. The summed E-state index contributed by atoms with van der Waals surface area (Å²) in [5.74, 6) is -4.28. The first-order valence-electron chi connectivity index (χ1n) is 15.2. The van der Waals surface area contributed by atoms with E-state index < -0.39 is 83.0 Å². The second kappa shape index (κ2) is 12.8. The lowest BCUT2D eigenvalue weighted by molar-refractivity contribution is -0.229. The maximum atomic E-state index is 13.6. The van der Waals surface area contributed by atoms with Gasteiger partial charge in [0.1, 0.15) is 18.3 Å². The molecule has 3 rings (SSSR count). The van der Waals surface area contributed by atoms with Crippen LogP contribution in [0, 0.1) is 28.6 Å². The number of allylic oxidation sites excluding steroid dienone is 1. The first kappa shape index (κ1) is 34.3. The number of carbonyl (C=O) groups is 5. The Morgan fingerprint density at radius 2 is 1.44 bits per heavy atom. The molecular formula is C33H48O10. The third kappa shape index (κ3) is 6.53. The number of carbonyl (C=O) groups excluding carboxylic acids is 5. The van der Waals surface area contributed by atoms with Gasteiger partial charge in [0.15, 0.2) is 12.2 Å². The van der Waals surface area contributed by atoms with Crippen molar-refractivity contribution in [1.29, 1.82) is 0 Å². The van der Waals surface area contributed by atoms with Crippen molar-refractivity contribution in [1.82, 2.24) is 0 Å². The Balaban J connectivity index is 2.47. The zero-order chi connectivity index (χ0) is 32.6. The minimum absolute atomic E-state index is 0.0215. The Hall–Kier alpha value is -3.17. The van der Waals surface area contributed by atoms with Crippen LogP contribution < -0.4 is 0 Å². The van der Waals surface area contributed by atoms with Crippen molar-refractivity contribution < 1.29 is 47.7 Å². The maximum Gasteiger partial charge on any atom is 0.308 e. The van der Waals surface area contributed by atoms with E-state index in [4.69, 9.17) is 23.7 Å². The van der Waals surface area contributed by atoms with E-state index >= 15 is 0 Å². The van der Waals surface area contributed by atoms with Crippen LogP contribution >= 0.6 is 0 Å². The summed E-state index contributed by atoms with van der Waals surface area (Å²) in [7, 11) is 0. The van der Waals surface area contributed by atoms with Crippen molar-refractivity contribution in [2.24, 2.45) is 28.6 Å². The average molecular weight is 605 g/mol. The van der Waals surface area contributed by atoms with Crippen LogP contribution in [-0.4, -0.2) is 60.4 Å². The van der Waals surface area contributed by atoms with Gasteiger partial charge in [-0.1, -0.05) is 46.8 Å². The van der Waals surface area contributed by atoms with Gasteiger partial charge in [0.2, 0.25) is 0 Å². The van der Waals surface area contributed by atoms with E-state index in [0.717, 1.165) is 11.1 Å². The summed E-state index contributed by atoms with van der Waals surface area (Å²) < 4.78 is 30.3. The smallest absolute Gasteiger partial charge is 0.308 e. The van der Waals surface area contributed by atoms with Crippen molar-refractivity contribution in [3.63, 3.8) is 0 Å². The molecule has 0 spiro atoms. The molecule has 43 heavy (non-hydrogen) atoms. The molecule has 0 aromatic carbocycles. The minimum Gasteiger partial charge on any atom is -0.462 e. The molecular weight excluding hydrogens is 556 g/mol. The molecule has 10 heteroatoms. The lowest BCUT2D eigenvalue weighted by atomic mass is 9.48. The van der Waals surface area contributed by atoms with Crippen LogP contribution in [0.25, 0.3) is 0 Å². The van der Waals surface area contributed by atoms with Crippen LogP contribution in [0.5, 0.6) is 0 Å². The molecule has 0 amide bonds. The largest absolute Gasteiger partial charge is 0.462 e. The normalized spacial score (nSPS) is 34.0. The van der Waals surface area contributed by atoms with Gasteiger partial charge in [0.25, 0.3) is 0 Å². The van der Waals surface area contributed by atoms with Crippen molar-refractivity contribution in [3.8, 4) is 0 Å². The summed E-state index contributed by atoms with van der Waals surface area (Å²) in [6.07, 6.45) is -3.07. The van der Waals surface area contributed by atoms with Crippen molar-refractivity contribution in [3.05, 3.63) is 23.3 Å². The minimum atomic E-state index is -1.33.